The van der Waals surface area contributed by atoms with Crippen LogP contribution in [-0.2, 0) is 6.18 Å². The van der Waals surface area contributed by atoms with Gasteiger partial charge in [0.1, 0.15) is 17.8 Å². The van der Waals surface area contributed by atoms with Crippen molar-refractivity contribution < 1.29 is 18.0 Å². The van der Waals surface area contributed by atoms with Gasteiger partial charge in [0.15, 0.2) is 5.65 Å². The van der Waals surface area contributed by atoms with Crippen molar-refractivity contribution in [2.75, 3.05) is 31.2 Å². The maximum absolute atomic E-state index is 13.0. The lowest BCUT2D eigenvalue weighted by molar-refractivity contribution is -0.137. The van der Waals surface area contributed by atoms with E-state index >= 15 is 0 Å². The molecule has 1 aliphatic rings. The quantitative estimate of drug-likeness (QED) is 0.346. The standard InChI is InChI=1S/C27H23ClF3N7O/c1-37-11-9-20(10-12-37)38-25-23(24(32)33-15-34-25)22(36-38)8-6-16-13-17(5-7-21(16)28)26(39)35-19-4-2-3-18(14-19)27(29,30)31/h2-5,7,13-15,20H,9-12H2,1H3,(H,35,39)(H2,32,33,34). The first-order chi connectivity index (χ1) is 18.6. The van der Waals surface area contributed by atoms with Crippen molar-refractivity contribution >= 4 is 40.0 Å². The number of piperidine rings is 1. The number of nitrogen functional groups attached to an aromatic ring is 1. The summed E-state index contributed by atoms with van der Waals surface area (Å²) >= 11 is 6.35. The van der Waals surface area contributed by atoms with Gasteiger partial charge in [0.2, 0.25) is 0 Å². The largest absolute Gasteiger partial charge is 0.416 e. The van der Waals surface area contributed by atoms with Crippen LogP contribution in [0.25, 0.3) is 11.0 Å². The van der Waals surface area contributed by atoms with Crippen molar-refractivity contribution in [3.05, 3.63) is 76.2 Å². The number of halogens is 4. The monoisotopic (exact) mass is 553 g/mol. The lowest BCUT2D eigenvalue weighted by atomic mass is 10.1. The molecule has 1 saturated heterocycles. The molecule has 39 heavy (non-hydrogen) atoms. The predicted molar refractivity (Wildman–Crippen MR) is 142 cm³/mol. The van der Waals surface area contributed by atoms with Crippen molar-refractivity contribution in [1.82, 2.24) is 24.6 Å². The minimum atomic E-state index is -4.53. The Morgan fingerprint density at radius 3 is 2.64 bits per heavy atom. The Balaban J connectivity index is 1.44. The lowest BCUT2D eigenvalue weighted by Crippen LogP contribution is -2.32. The van der Waals surface area contributed by atoms with Gasteiger partial charge in [-0.05, 0) is 75.3 Å². The van der Waals surface area contributed by atoms with Crippen LogP contribution in [0.4, 0.5) is 24.7 Å². The zero-order chi connectivity index (χ0) is 27.7. The van der Waals surface area contributed by atoms with E-state index in [0.29, 0.717) is 27.3 Å². The fourth-order valence-electron chi connectivity index (χ4n) is 4.44. The number of amides is 1. The first-order valence-electron chi connectivity index (χ1n) is 12.1. The summed E-state index contributed by atoms with van der Waals surface area (Å²) in [6.07, 6.45) is -1.33. The fourth-order valence-corrected chi connectivity index (χ4v) is 4.61. The normalized spacial score (nSPS) is 14.7. The Hall–Kier alpha value is -4.14. The maximum atomic E-state index is 13.0. The molecule has 0 saturated carbocycles. The summed E-state index contributed by atoms with van der Waals surface area (Å²) in [4.78, 5) is 23.6. The van der Waals surface area contributed by atoms with E-state index in [1.165, 1.54) is 36.7 Å². The van der Waals surface area contributed by atoms with Crippen LogP contribution in [0.15, 0.2) is 48.8 Å². The van der Waals surface area contributed by atoms with Crippen molar-refractivity contribution in [2.24, 2.45) is 0 Å². The summed E-state index contributed by atoms with van der Waals surface area (Å²) in [6.45, 7) is 1.86. The number of carbonyl (C=O) groups is 1. The average molecular weight is 554 g/mol. The predicted octanol–water partition coefficient (Wildman–Crippen LogP) is 5.00. The Kier molecular flexibility index (Phi) is 7.16. The van der Waals surface area contributed by atoms with Gasteiger partial charge in [0, 0.05) is 16.8 Å². The third-order valence-electron chi connectivity index (χ3n) is 6.54. The highest BCUT2D eigenvalue weighted by Crippen LogP contribution is 2.31. The summed E-state index contributed by atoms with van der Waals surface area (Å²) in [5, 5.41) is 8.03. The summed E-state index contributed by atoms with van der Waals surface area (Å²) in [5.41, 5.74) is 6.81. The van der Waals surface area contributed by atoms with Gasteiger partial charge in [-0.1, -0.05) is 23.6 Å². The van der Waals surface area contributed by atoms with Gasteiger partial charge in [0.05, 0.1) is 22.0 Å². The third-order valence-corrected chi connectivity index (χ3v) is 6.87. The molecule has 1 amide bonds. The molecule has 2 aromatic heterocycles. The van der Waals surface area contributed by atoms with Crippen molar-refractivity contribution in [2.45, 2.75) is 25.1 Å². The molecular formula is C27H23ClF3N7O. The number of aromatic nitrogens is 4. The van der Waals surface area contributed by atoms with E-state index in [0.717, 1.165) is 38.1 Å². The Morgan fingerprint density at radius 1 is 1.13 bits per heavy atom. The van der Waals surface area contributed by atoms with Gasteiger partial charge in [-0.25, -0.2) is 14.6 Å². The Labute approximate surface area is 227 Å². The lowest BCUT2D eigenvalue weighted by Gasteiger charge is -2.29. The number of anilines is 2. The number of benzene rings is 2. The van der Waals surface area contributed by atoms with Gasteiger partial charge in [-0.15, -0.1) is 0 Å². The van der Waals surface area contributed by atoms with Gasteiger partial charge in [-0.3, -0.25) is 4.79 Å². The number of nitrogens with one attached hydrogen (secondary N) is 1. The van der Waals surface area contributed by atoms with E-state index in [1.807, 2.05) is 4.68 Å². The molecule has 8 nitrogen and oxygen atoms in total. The number of likely N-dealkylation sites (tertiary alicyclic amines) is 1. The number of fused-ring (bicyclic) bond motifs is 1. The number of hydrogen-bond acceptors (Lipinski definition) is 6. The summed E-state index contributed by atoms with van der Waals surface area (Å²) < 4.78 is 40.9. The first kappa shape index (κ1) is 26.5. The SMILES string of the molecule is CN1CCC(n2nc(C#Cc3cc(C(=O)Nc4cccc(C(F)(F)F)c4)ccc3Cl)c3c(N)ncnc32)CC1. The molecular weight excluding hydrogens is 531 g/mol. The second-order valence-corrected chi connectivity index (χ2v) is 9.67. The zero-order valence-electron chi connectivity index (χ0n) is 20.8. The van der Waals surface area contributed by atoms with Crippen LogP contribution in [0.1, 0.15) is 46.1 Å². The van der Waals surface area contributed by atoms with Crippen LogP contribution >= 0.6 is 11.6 Å². The van der Waals surface area contributed by atoms with Gasteiger partial charge >= 0.3 is 6.18 Å². The number of nitrogens with zero attached hydrogens (tertiary/aromatic N) is 5. The van der Waals surface area contributed by atoms with Crippen molar-refractivity contribution in [3.8, 4) is 11.8 Å². The molecule has 3 N–H and O–H groups in total. The molecule has 200 valence electrons. The van der Waals surface area contributed by atoms with E-state index in [4.69, 9.17) is 22.4 Å². The topological polar surface area (TPSA) is 102 Å². The molecule has 12 heteroatoms. The van der Waals surface area contributed by atoms with Gasteiger partial charge in [0.25, 0.3) is 5.91 Å². The van der Waals surface area contributed by atoms with E-state index in [2.05, 4.69) is 39.1 Å². The molecule has 0 aliphatic carbocycles. The molecule has 0 spiro atoms. The van der Waals surface area contributed by atoms with Gasteiger partial charge < -0.3 is 16.0 Å². The highest BCUT2D eigenvalue weighted by molar-refractivity contribution is 6.32. The van der Waals surface area contributed by atoms with E-state index in [-0.39, 0.29) is 23.1 Å². The number of rotatable bonds is 3. The molecule has 3 heterocycles. The number of alkyl halides is 3. The van der Waals surface area contributed by atoms with E-state index in [1.54, 1.807) is 0 Å². The van der Waals surface area contributed by atoms with Crippen LogP contribution in [0.2, 0.25) is 5.02 Å². The third kappa shape index (κ3) is 5.67. The molecule has 1 aliphatic heterocycles. The molecule has 0 bridgehead atoms. The second-order valence-electron chi connectivity index (χ2n) is 9.26. The maximum Gasteiger partial charge on any atom is 0.416 e. The van der Waals surface area contributed by atoms with Crippen LogP contribution in [0.5, 0.6) is 0 Å². The summed E-state index contributed by atoms with van der Waals surface area (Å²) in [6, 6.07) is 8.97. The molecule has 0 radical (unpaired) electrons. The van der Waals surface area contributed by atoms with Gasteiger partial charge in [-0.2, -0.15) is 18.3 Å². The molecule has 1 fully saturated rings. The smallest absolute Gasteiger partial charge is 0.383 e. The summed E-state index contributed by atoms with van der Waals surface area (Å²) in [5.74, 6) is 5.60. The highest BCUT2D eigenvalue weighted by atomic mass is 35.5. The van der Waals surface area contributed by atoms with Crippen LogP contribution < -0.4 is 11.1 Å². The van der Waals surface area contributed by atoms with Crippen molar-refractivity contribution in [3.63, 3.8) is 0 Å². The number of carbonyl (C=O) groups excluding carboxylic acids is 1. The zero-order valence-corrected chi connectivity index (χ0v) is 21.5. The molecule has 2 aromatic carbocycles. The molecule has 5 rings (SSSR count). The average Bonchev–Trinajstić information content (AvgIpc) is 3.28. The highest BCUT2D eigenvalue weighted by Gasteiger charge is 2.30. The second kappa shape index (κ2) is 10.6. The Bertz CT molecular complexity index is 1620. The molecule has 0 atom stereocenters. The fraction of sp³-hybridized carbons (Fsp3) is 0.259. The minimum absolute atomic E-state index is 0.0128. The Morgan fingerprint density at radius 2 is 1.90 bits per heavy atom. The molecule has 0 unspecified atom stereocenters. The minimum Gasteiger partial charge on any atom is -0.383 e. The van der Waals surface area contributed by atoms with Crippen LogP contribution in [0.3, 0.4) is 0 Å². The van der Waals surface area contributed by atoms with E-state index in [9.17, 15) is 18.0 Å². The first-order valence-corrected chi connectivity index (χ1v) is 12.5. The summed E-state index contributed by atoms with van der Waals surface area (Å²) in [7, 11) is 2.08. The van der Waals surface area contributed by atoms with Crippen LogP contribution in [-0.4, -0.2) is 50.7 Å². The number of hydrogen-bond donors (Lipinski definition) is 2. The van der Waals surface area contributed by atoms with Crippen molar-refractivity contribution in [1.29, 1.82) is 0 Å². The van der Waals surface area contributed by atoms with E-state index < -0.39 is 17.6 Å². The number of nitrogens with two attached hydrogens (primary N) is 1. The van der Waals surface area contributed by atoms with Crippen LogP contribution in [0, 0.1) is 11.8 Å². The molecule has 4 aromatic rings.